The van der Waals surface area contributed by atoms with E-state index >= 15 is 0 Å². The zero-order valence-corrected chi connectivity index (χ0v) is 5.81. The predicted molar refractivity (Wildman–Crippen MR) is 41.8 cm³/mol. The molecule has 0 rings (SSSR count). The van der Waals surface area contributed by atoms with Crippen molar-refractivity contribution in [3.05, 3.63) is 24.3 Å². The van der Waals surface area contributed by atoms with Gasteiger partial charge in [-0.2, -0.15) is 0 Å². The fraction of sp³-hybridized carbons (Fsp3) is 0.250. The van der Waals surface area contributed by atoms with Crippen molar-refractivity contribution in [1.82, 2.24) is 4.67 Å². The molecule has 1 nitrogen and oxygen atoms in total. The first-order chi connectivity index (χ1) is 4.27. The van der Waals surface area contributed by atoms with Gasteiger partial charge in [0.1, 0.15) is 0 Å². The summed E-state index contributed by atoms with van der Waals surface area (Å²) in [5.74, 6) is 4.96. The Morgan fingerprint density at radius 1 is 1.56 bits per heavy atom. The van der Waals surface area contributed by atoms with Crippen LogP contribution in [0.2, 0.25) is 0 Å². The standard InChI is InChI=1S/C8H10N/c1-4-9-7-5-6-8(2)3/h5-6H,1H2,2-3H3/q+1. The Balaban J connectivity index is 4.21. The molecule has 0 saturated heterocycles. The van der Waals surface area contributed by atoms with E-state index in [2.05, 4.69) is 23.0 Å². The van der Waals surface area contributed by atoms with Gasteiger partial charge in [-0.05, 0) is 19.9 Å². The van der Waals surface area contributed by atoms with Gasteiger partial charge < -0.3 is 0 Å². The minimum Gasteiger partial charge on any atom is -0.0756 e. The maximum atomic E-state index is 3.53. The number of rotatable bonds is 1. The predicted octanol–water partition coefficient (Wildman–Crippen LogP) is 1.10. The monoisotopic (exact) mass is 120 g/mol. The highest BCUT2D eigenvalue weighted by atomic mass is 14.5. The molecule has 0 bridgehead atoms. The first-order valence-electron chi connectivity index (χ1n) is 2.71. The minimum atomic E-state index is 1.22. The molecule has 0 aromatic heterocycles. The van der Waals surface area contributed by atoms with Crippen LogP contribution in [0.15, 0.2) is 24.3 Å². The van der Waals surface area contributed by atoms with Crippen LogP contribution in [-0.4, -0.2) is 11.7 Å². The summed E-state index contributed by atoms with van der Waals surface area (Å²) in [5, 5.41) is 0. The quantitative estimate of drug-likeness (QED) is 0.279. The maximum Gasteiger partial charge on any atom is 0.325 e. The molecule has 0 atom stereocenters. The van der Waals surface area contributed by atoms with Crippen LogP contribution in [0.25, 0.3) is 0 Å². The largest absolute Gasteiger partial charge is 0.325 e. The molecule has 0 spiro atoms. The molecule has 9 heavy (non-hydrogen) atoms. The lowest BCUT2D eigenvalue weighted by Gasteiger charge is -1.74. The van der Waals surface area contributed by atoms with E-state index in [4.69, 9.17) is 0 Å². The molecule has 0 fully saturated rings. The second kappa shape index (κ2) is 4.90. The molecule has 0 amide bonds. The van der Waals surface area contributed by atoms with Crippen LogP contribution in [0.3, 0.4) is 0 Å². The van der Waals surface area contributed by atoms with Gasteiger partial charge in [0.2, 0.25) is 0 Å². The second-order valence-corrected chi connectivity index (χ2v) is 1.81. The average molecular weight is 120 g/mol. The summed E-state index contributed by atoms with van der Waals surface area (Å²) >= 11 is 0. The summed E-state index contributed by atoms with van der Waals surface area (Å²) < 4.78 is 3.53. The zero-order chi connectivity index (χ0) is 7.11. The molecule has 0 heterocycles. The van der Waals surface area contributed by atoms with Gasteiger partial charge in [0.25, 0.3) is 0 Å². The summed E-state index contributed by atoms with van der Waals surface area (Å²) in [6.07, 6.45) is 3.65. The van der Waals surface area contributed by atoms with Gasteiger partial charge in [0.15, 0.2) is 0 Å². The SMILES string of the molecule is C=C=[N+]=C=CC=C(C)C. The van der Waals surface area contributed by atoms with E-state index in [1.54, 1.807) is 6.08 Å². The highest BCUT2D eigenvalue weighted by Crippen LogP contribution is 1.84. The molecule has 0 aliphatic carbocycles. The minimum absolute atomic E-state index is 1.22. The van der Waals surface area contributed by atoms with Crippen molar-refractivity contribution in [1.29, 1.82) is 0 Å². The topological polar surface area (TPSA) is 14.1 Å². The van der Waals surface area contributed by atoms with E-state index in [0.29, 0.717) is 0 Å². The highest BCUT2D eigenvalue weighted by Gasteiger charge is 1.69. The highest BCUT2D eigenvalue weighted by molar-refractivity contribution is 5.59. The molecule has 0 aliphatic heterocycles. The van der Waals surface area contributed by atoms with Gasteiger partial charge in [-0.3, -0.25) is 0 Å². The van der Waals surface area contributed by atoms with Crippen molar-refractivity contribution >= 4 is 11.7 Å². The Morgan fingerprint density at radius 3 is 2.67 bits per heavy atom. The van der Waals surface area contributed by atoms with Crippen molar-refractivity contribution in [2.75, 3.05) is 0 Å². The Morgan fingerprint density at radius 2 is 2.22 bits per heavy atom. The third-order valence-electron chi connectivity index (χ3n) is 0.635. The van der Waals surface area contributed by atoms with Crippen LogP contribution >= 0.6 is 0 Å². The Kier molecular flexibility index (Phi) is 4.22. The van der Waals surface area contributed by atoms with Crippen molar-refractivity contribution in [3.8, 4) is 0 Å². The fourth-order valence-electron chi connectivity index (χ4n) is 0.287. The normalized spacial score (nSPS) is 6.00. The van der Waals surface area contributed by atoms with E-state index < -0.39 is 0 Å². The van der Waals surface area contributed by atoms with Crippen LogP contribution in [0, 0.1) is 0 Å². The second-order valence-electron chi connectivity index (χ2n) is 1.81. The molecular weight excluding hydrogens is 110 g/mol. The zero-order valence-electron chi connectivity index (χ0n) is 5.81. The van der Waals surface area contributed by atoms with Crippen LogP contribution in [0.1, 0.15) is 13.8 Å². The number of nitrogens with zero attached hydrogens (tertiary/aromatic N) is 1. The lowest BCUT2D eigenvalue weighted by Crippen LogP contribution is -1.63. The molecule has 0 N–H and O–H groups in total. The van der Waals surface area contributed by atoms with Crippen molar-refractivity contribution < 1.29 is 0 Å². The molecule has 46 valence electrons. The van der Waals surface area contributed by atoms with Gasteiger partial charge in [0.05, 0.1) is 6.08 Å². The van der Waals surface area contributed by atoms with E-state index in [1.807, 2.05) is 19.9 Å². The molecule has 1 heteroatoms. The third-order valence-corrected chi connectivity index (χ3v) is 0.635. The van der Waals surface area contributed by atoms with Crippen molar-refractivity contribution in [2.24, 2.45) is 0 Å². The lowest BCUT2D eigenvalue weighted by atomic mass is 10.3. The molecular formula is C8H10N+. The van der Waals surface area contributed by atoms with Gasteiger partial charge in [-0.15, -0.1) is 0 Å². The number of hydrogen-bond acceptors (Lipinski definition) is 0. The summed E-state index contributed by atoms with van der Waals surface area (Å²) in [7, 11) is 0. The Bertz CT molecular complexity index is 213. The Labute approximate surface area is 55.5 Å². The summed E-state index contributed by atoms with van der Waals surface area (Å²) in [4.78, 5) is 0. The van der Waals surface area contributed by atoms with E-state index in [9.17, 15) is 0 Å². The third kappa shape index (κ3) is 6.75. The average Bonchev–Trinajstić information content (AvgIpc) is 1.80. The molecule has 0 radical (unpaired) electrons. The van der Waals surface area contributed by atoms with E-state index in [1.165, 1.54) is 5.57 Å². The number of allylic oxidation sites excluding steroid dienone is 3. The first-order valence-corrected chi connectivity index (χ1v) is 2.71. The first kappa shape index (κ1) is 7.75. The fourth-order valence-corrected chi connectivity index (χ4v) is 0.287. The van der Waals surface area contributed by atoms with Crippen molar-refractivity contribution in [2.45, 2.75) is 13.8 Å². The molecule has 0 saturated carbocycles. The molecule has 0 aliphatic rings. The summed E-state index contributed by atoms with van der Waals surface area (Å²) in [6.45, 7) is 7.30. The Hall–Kier alpha value is -1.25. The van der Waals surface area contributed by atoms with E-state index in [0.717, 1.165) is 0 Å². The van der Waals surface area contributed by atoms with E-state index in [-0.39, 0.29) is 0 Å². The maximum absolute atomic E-state index is 3.53. The number of hydrogen-bond donors (Lipinski definition) is 0. The van der Waals surface area contributed by atoms with Crippen LogP contribution in [0.5, 0.6) is 0 Å². The summed E-state index contributed by atoms with van der Waals surface area (Å²) in [5.41, 5.74) is 1.22. The van der Waals surface area contributed by atoms with Gasteiger partial charge >= 0.3 is 11.7 Å². The van der Waals surface area contributed by atoms with Gasteiger partial charge in [-0.25, -0.2) is 0 Å². The smallest absolute Gasteiger partial charge is 0.0756 e. The van der Waals surface area contributed by atoms with Crippen molar-refractivity contribution in [3.63, 3.8) is 0 Å². The molecule has 0 aromatic carbocycles. The molecule has 0 unspecified atom stereocenters. The van der Waals surface area contributed by atoms with Gasteiger partial charge in [0, 0.05) is 11.2 Å². The van der Waals surface area contributed by atoms with Gasteiger partial charge in [-0.1, -0.05) is 5.57 Å². The van der Waals surface area contributed by atoms with Crippen LogP contribution in [-0.2, 0) is 0 Å². The van der Waals surface area contributed by atoms with Crippen LogP contribution in [0.4, 0.5) is 0 Å². The lowest BCUT2D eigenvalue weighted by molar-refractivity contribution is 1.40. The van der Waals surface area contributed by atoms with Crippen LogP contribution < -0.4 is 4.67 Å². The summed E-state index contributed by atoms with van der Waals surface area (Å²) in [6, 6.07) is 0. The molecule has 0 aromatic rings.